The third kappa shape index (κ3) is 5.72. The van der Waals surface area contributed by atoms with Gasteiger partial charge in [0.15, 0.2) is 23.0 Å². The van der Waals surface area contributed by atoms with Crippen LogP contribution in [0, 0.1) is 6.92 Å². The molecule has 0 saturated heterocycles. The zero-order valence-electron chi connectivity index (χ0n) is 24.8. The summed E-state index contributed by atoms with van der Waals surface area (Å²) in [6.45, 7) is 6.50. The van der Waals surface area contributed by atoms with Crippen LogP contribution in [0.3, 0.4) is 0 Å². The van der Waals surface area contributed by atoms with E-state index in [-0.39, 0.29) is 22.1 Å². The van der Waals surface area contributed by atoms with Crippen molar-refractivity contribution in [1.29, 1.82) is 0 Å². The van der Waals surface area contributed by atoms with Crippen molar-refractivity contribution < 1.29 is 32.8 Å². The van der Waals surface area contributed by atoms with E-state index < -0.39 is 10.0 Å². The lowest BCUT2D eigenvalue weighted by Crippen LogP contribution is -2.29. The molecular formula is C34H35NO7S. The molecule has 8 nitrogen and oxygen atoms in total. The molecule has 1 heterocycles. The molecule has 0 aliphatic carbocycles. The maximum atomic E-state index is 13.4. The van der Waals surface area contributed by atoms with E-state index in [0.717, 1.165) is 22.3 Å². The summed E-state index contributed by atoms with van der Waals surface area (Å²) in [6, 6.07) is 19.0. The normalized spacial score (nSPS) is 12.5. The number of benzene rings is 4. The number of ether oxygens (including phenoxy) is 3. The molecule has 0 saturated carbocycles. The zero-order valence-corrected chi connectivity index (χ0v) is 25.7. The van der Waals surface area contributed by atoms with Gasteiger partial charge in [-0.3, -0.25) is 4.31 Å². The van der Waals surface area contributed by atoms with Gasteiger partial charge >= 0.3 is 0 Å². The molecule has 43 heavy (non-hydrogen) atoms. The molecule has 0 spiro atoms. The predicted molar refractivity (Wildman–Crippen MR) is 168 cm³/mol. The molecule has 0 amide bonds. The van der Waals surface area contributed by atoms with Crippen LogP contribution in [-0.4, -0.2) is 46.0 Å². The second kappa shape index (κ2) is 11.9. The van der Waals surface area contributed by atoms with E-state index in [4.69, 9.17) is 14.2 Å². The highest BCUT2D eigenvalue weighted by Gasteiger charge is 2.31. The topological polar surface area (TPSA) is 106 Å². The number of aryl methyl sites for hydroxylation is 1. The second-order valence-corrected chi connectivity index (χ2v) is 12.5. The summed E-state index contributed by atoms with van der Waals surface area (Å²) in [6.07, 6.45) is 2.45. The fourth-order valence-corrected chi connectivity index (χ4v) is 6.71. The van der Waals surface area contributed by atoms with E-state index in [1.807, 2.05) is 39.0 Å². The van der Waals surface area contributed by atoms with Gasteiger partial charge in [-0.1, -0.05) is 35.4 Å². The molecule has 1 aliphatic heterocycles. The number of phenols is 2. The summed E-state index contributed by atoms with van der Waals surface area (Å²) in [5, 5.41) is 22.1. The molecule has 4 aromatic rings. The SMILES string of the molecule is COc1cc(-c2ccc3c(c2)CCN3S(=O)(=O)c2ccc(C)cc2)c(OC)c(O)c1-c1ccc(OCC=C(C)C)c(O)c1. The van der Waals surface area contributed by atoms with Crippen LogP contribution in [-0.2, 0) is 16.4 Å². The van der Waals surface area contributed by atoms with E-state index in [9.17, 15) is 18.6 Å². The van der Waals surface area contributed by atoms with Crippen molar-refractivity contribution in [1.82, 2.24) is 0 Å². The van der Waals surface area contributed by atoms with Crippen LogP contribution in [0.15, 0.2) is 83.3 Å². The quantitative estimate of drug-likeness (QED) is 0.202. The molecular weight excluding hydrogens is 566 g/mol. The lowest BCUT2D eigenvalue weighted by Gasteiger charge is -2.21. The van der Waals surface area contributed by atoms with Gasteiger partial charge in [0.2, 0.25) is 0 Å². The van der Waals surface area contributed by atoms with Gasteiger partial charge in [-0.05, 0) is 92.4 Å². The molecule has 5 rings (SSSR count). The number of hydrogen-bond donors (Lipinski definition) is 2. The Morgan fingerprint density at radius 3 is 2.28 bits per heavy atom. The minimum absolute atomic E-state index is 0.0760. The van der Waals surface area contributed by atoms with E-state index in [0.29, 0.717) is 53.4 Å². The highest BCUT2D eigenvalue weighted by Crippen LogP contribution is 2.51. The standard InChI is InChI=1S/C34H35NO7S/c1-21(2)15-17-42-30-13-9-25(19-29(30)36)32-31(40-4)20-27(34(41-5)33(32)37)23-8-12-28-24(18-23)14-16-35(28)43(38,39)26-10-6-22(3)7-11-26/h6-13,15,18-20,36-37H,14,16-17H2,1-5H3. The van der Waals surface area contributed by atoms with Gasteiger partial charge in [0.25, 0.3) is 10.0 Å². The number of allylic oxidation sites excluding steroid dienone is 1. The van der Waals surface area contributed by atoms with Gasteiger partial charge in [0, 0.05) is 12.1 Å². The van der Waals surface area contributed by atoms with Crippen molar-refractivity contribution in [3.05, 3.63) is 89.5 Å². The summed E-state index contributed by atoms with van der Waals surface area (Å²) in [5.74, 6) is 0.683. The van der Waals surface area contributed by atoms with Gasteiger partial charge in [0.05, 0.1) is 30.4 Å². The highest BCUT2D eigenvalue weighted by atomic mass is 32.2. The number of methoxy groups -OCH3 is 2. The van der Waals surface area contributed by atoms with E-state index >= 15 is 0 Å². The lowest BCUT2D eigenvalue weighted by molar-refractivity contribution is 0.335. The van der Waals surface area contributed by atoms with Gasteiger partial charge in [-0.15, -0.1) is 0 Å². The Hall–Kier alpha value is -4.63. The van der Waals surface area contributed by atoms with Crippen LogP contribution in [0.4, 0.5) is 5.69 Å². The fraction of sp³-hybridized carbons (Fsp3) is 0.235. The van der Waals surface area contributed by atoms with Crippen molar-refractivity contribution in [2.45, 2.75) is 32.1 Å². The van der Waals surface area contributed by atoms with Gasteiger partial charge in [0.1, 0.15) is 12.4 Å². The number of hydrogen-bond acceptors (Lipinski definition) is 7. The number of phenolic OH excluding ortho intramolecular Hbond substituents is 2. The zero-order chi connectivity index (χ0) is 30.9. The second-order valence-electron chi connectivity index (χ2n) is 10.6. The first-order valence-electron chi connectivity index (χ1n) is 13.8. The Morgan fingerprint density at radius 2 is 1.63 bits per heavy atom. The van der Waals surface area contributed by atoms with Crippen molar-refractivity contribution in [3.8, 4) is 51.0 Å². The molecule has 4 aromatic carbocycles. The number of sulfonamides is 1. The molecule has 0 fully saturated rings. The smallest absolute Gasteiger partial charge is 0.264 e. The number of anilines is 1. The van der Waals surface area contributed by atoms with Crippen LogP contribution in [0.2, 0.25) is 0 Å². The number of fused-ring (bicyclic) bond motifs is 1. The predicted octanol–water partition coefficient (Wildman–Crippen LogP) is 6.85. The summed E-state index contributed by atoms with van der Waals surface area (Å²) in [5.41, 5.74) is 5.76. The molecule has 1 aliphatic rings. The number of nitrogens with zero attached hydrogens (tertiary/aromatic N) is 1. The minimum atomic E-state index is -3.71. The minimum Gasteiger partial charge on any atom is -0.504 e. The Morgan fingerprint density at radius 1 is 0.907 bits per heavy atom. The van der Waals surface area contributed by atoms with Crippen molar-refractivity contribution in [3.63, 3.8) is 0 Å². The fourth-order valence-electron chi connectivity index (χ4n) is 5.21. The van der Waals surface area contributed by atoms with E-state index in [2.05, 4.69) is 0 Å². The first-order chi connectivity index (χ1) is 20.5. The Bertz CT molecular complexity index is 1810. The van der Waals surface area contributed by atoms with Crippen LogP contribution >= 0.6 is 0 Å². The number of rotatable bonds is 9. The summed E-state index contributed by atoms with van der Waals surface area (Å²) in [4.78, 5) is 0.250. The van der Waals surface area contributed by atoms with Gasteiger partial charge < -0.3 is 24.4 Å². The largest absolute Gasteiger partial charge is 0.504 e. The third-order valence-electron chi connectivity index (χ3n) is 7.47. The van der Waals surface area contributed by atoms with Gasteiger partial charge in [-0.25, -0.2) is 8.42 Å². The third-order valence-corrected chi connectivity index (χ3v) is 9.30. The maximum Gasteiger partial charge on any atom is 0.264 e. The van der Waals surface area contributed by atoms with E-state index in [1.165, 1.54) is 24.6 Å². The van der Waals surface area contributed by atoms with Crippen LogP contribution in [0.5, 0.6) is 28.7 Å². The maximum absolute atomic E-state index is 13.4. The summed E-state index contributed by atoms with van der Waals surface area (Å²) >= 11 is 0. The molecule has 9 heteroatoms. The van der Waals surface area contributed by atoms with E-state index in [1.54, 1.807) is 48.5 Å². The van der Waals surface area contributed by atoms with Gasteiger partial charge in [-0.2, -0.15) is 0 Å². The average molecular weight is 602 g/mol. The molecule has 0 bridgehead atoms. The Kier molecular flexibility index (Phi) is 8.28. The molecule has 0 unspecified atom stereocenters. The molecule has 0 atom stereocenters. The van der Waals surface area contributed by atoms with Crippen molar-refractivity contribution in [2.24, 2.45) is 0 Å². The molecule has 0 aromatic heterocycles. The Balaban J connectivity index is 1.51. The summed E-state index contributed by atoms with van der Waals surface area (Å²) in [7, 11) is -0.743. The first-order valence-corrected chi connectivity index (χ1v) is 15.3. The molecule has 0 radical (unpaired) electrons. The van der Waals surface area contributed by atoms with Crippen LogP contribution in [0.1, 0.15) is 25.0 Å². The first kappa shape index (κ1) is 29.8. The average Bonchev–Trinajstić information content (AvgIpc) is 3.42. The highest BCUT2D eigenvalue weighted by molar-refractivity contribution is 7.92. The van der Waals surface area contributed by atoms with Crippen LogP contribution in [0.25, 0.3) is 22.3 Å². The number of aromatic hydroxyl groups is 2. The molecule has 2 N–H and O–H groups in total. The summed E-state index contributed by atoms with van der Waals surface area (Å²) < 4.78 is 45.3. The molecule has 224 valence electrons. The lowest BCUT2D eigenvalue weighted by atomic mass is 9.95. The Labute approximate surface area is 252 Å². The van der Waals surface area contributed by atoms with Crippen molar-refractivity contribution in [2.75, 3.05) is 31.7 Å². The van der Waals surface area contributed by atoms with Crippen molar-refractivity contribution >= 4 is 15.7 Å². The monoisotopic (exact) mass is 601 g/mol. The van der Waals surface area contributed by atoms with Crippen LogP contribution < -0.4 is 18.5 Å².